The molecule has 0 spiro atoms. The first-order valence-corrected chi connectivity index (χ1v) is 6.09. The van der Waals surface area contributed by atoms with Gasteiger partial charge in [0.25, 0.3) is 0 Å². The summed E-state index contributed by atoms with van der Waals surface area (Å²) >= 11 is 0. The SMILES string of the molecule is Cc1cccc(COc2cccc(C(=O)O)c2C)c1. The lowest BCUT2D eigenvalue weighted by atomic mass is 10.1. The van der Waals surface area contributed by atoms with Gasteiger partial charge in [-0.2, -0.15) is 0 Å². The van der Waals surface area contributed by atoms with E-state index in [1.54, 1.807) is 25.1 Å². The van der Waals surface area contributed by atoms with Crippen LogP contribution < -0.4 is 4.74 Å². The Morgan fingerprint density at radius 2 is 1.89 bits per heavy atom. The van der Waals surface area contributed by atoms with Gasteiger partial charge in [0.05, 0.1) is 5.56 Å². The van der Waals surface area contributed by atoms with Crippen LogP contribution in [-0.2, 0) is 6.61 Å². The number of ether oxygens (including phenoxy) is 1. The van der Waals surface area contributed by atoms with Crippen LogP contribution in [0.2, 0.25) is 0 Å². The number of aryl methyl sites for hydroxylation is 1. The number of aromatic carboxylic acids is 1. The molecule has 2 aromatic carbocycles. The Morgan fingerprint density at radius 1 is 1.16 bits per heavy atom. The van der Waals surface area contributed by atoms with E-state index in [1.807, 2.05) is 25.1 Å². The fourth-order valence-electron chi connectivity index (χ4n) is 1.97. The normalized spacial score (nSPS) is 10.2. The molecule has 0 bridgehead atoms. The van der Waals surface area contributed by atoms with E-state index in [1.165, 1.54) is 5.56 Å². The van der Waals surface area contributed by atoms with Crippen LogP contribution in [0.3, 0.4) is 0 Å². The molecular formula is C16H16O3. The van der Waals surface area contributed by atoms with E-state index < -0.39 is 5.97 Å². The monoisotopic (exact) mass is 256 g/mol. The highest BCUT2D eigenvalue weighted by Gasteiger charge is 2.10. The Hall–Kier alpha value is -2.29. The Morgan fingerprint density at radius 3 is 2.58 bits per heavy atom. The first-order valence-electron chi connectivity index (χ1n) is 6.09. The molecule has 1 N–H and O–H groups in total. The molecule has 2 rings (SSSR count). The molecule has 2 aromatic rings. The molecular weight excluding hydrogens is 240 g/mol. The molecule has 98 valence electrons. The molecule has 0 amide bonds. The van der Waals surface area contributed by atoms with Crippen LogP contribution in [0.25, 0.3) is 0 Å². The second-order valence-electron chi connectivity index (χ2n) is 4.51. The maximum Gasteiger partial charge on any atom is 0.336 e. The Balaban J connectivity index is 2.16. The van der Waals surface area contributed by atoms with Gasteiger partial charge in [0.1, 0.15) is 12.4 Å². The van der Waals surface area contributed by atoms with E-state index in [0.717, 1.165) is 5.56 Å². The predicted molar refractivity (Wildman–Crippen MR) is 73.6 cm³/mol. The number of carboxylic acid groups (broad SMARTS) is 1. The minimum Gasteiger partial charge on any atom is -0.489 e. The zero-order valence-corrected chi connectivity index (χ0v) is 11.0. The van der Waals surface area contributed by atoms with Crippen molar-refractivity contribution in [3.05, 3.63) is 64.7 Å². The summed E-state index contributed by atoms with van der Waals surface area (Å²) in [6, 6.07) is 13.1. The summed E-state index contributed by atoms with van der Waals surface area (Å²) in [6.07, 6.45) is 0. The quantitative estimate of drug-likeness (QED) is 0.909. The predicted octanol–water partition coefficient (Wildman–Crippen LogP) is 3.58. The van der Waals surface area contributed by atoms with E-state index in [2.05, 4.69) is 6.07 Å². The van der Waals surface area contributed by atoms with Crippen LogP contribution in [0.4, 0.5) is 0 Å². The zero-order chi connectivity index (χ0) is 13.8. The van der Waals surface area contributed by atoms with Crippen LogP contribution >= 0.6 is 0 Å². The van der Waals surface area contributed by atoms with Gasteiger partial charge >= 0.3 is 5.97 Å². The fraction of sp³-hybridized carbons (Fsp3) is 0.188. The summed E-state index contributed by atoms with van der Waals surface area (Å²) in [5, 5.41) is 9.06. The van der Waals surface area contributed by atoms with Gasteiger partial charge in [-0.05, 0) is 31.5 Å². The van der Waals surface area contributed by atoms with Crippen molar-refractivity contribution in [1.29, 1.82) is 0 Å². The summed E-state index contributed by atoms with van der Waals surface area (Å²) in [5.74, 6) is -0.320. The highest BCUT2D eigenvalue weighted by molar-refractivity contribution is 5.90. The molecule has 0 aromatic heterocycles. The van der Waals surface area contributed by atoms with Crippen molar-refractivity contribution < 1.29 is 14.6 Å². The number of rotatable bonds is 4. The largest absolute Gasteiger partial charge is 0.489 e. The van der Waals surface area contributed by atoms with Gasteiger partial charge in [0, 0.05) is 5.56 Å². The lowest BCUT2D eigenvalue weighted by Crippen LogP contribution is -2.03. The molecule has 3 nitrogen and oxygen atoms in total. The second-order valence-corrected chi connectivity index (χ2v) is 4.51. The van der Waals surface area contributed by atoms with Gasteiger partial charge < -0.3 is 9.84 Å². The number of carboxylic acids is 1. The Bertz CT molecular complexity index is 603. The average Bonchev–Trinajstić information content (AvgIpc) is 2.37. The number of carbonyl (C=O) groups is 1. The Labute approximate surface area is 112 Å². The van der Waals surface area contributed by atoms with Gasteiger partial charge in [-0.3, -0.25) is 0 Å². The minimum absolute atomic E-state index is 0.279. The Kier molecular flexibility index (Phi) is 3.85. The van der Waals surface area contributed by atoms with Gasteiger partial charge in [-0.1, -0.05) is 35.9 Å². The summed E-state index contributed by atoms with van der Waals surface area (Å²) in [6.45, 7) is 4.22. The van der Waals surface area contributed by atoms with E-state index in [9.17, 15) is 4.79 Å². The molecule has 0 heterocycles. The van der Waals surface area contributed by atoms with Crippen LogP contribution in [-0.4, -0.2) is 11.1 Å². The van der Waals surface area contributed by atoms with Crippen molar-refractivity contribution in [3.63, 3.8) is 0 Å². The molecule has 0 aliphatic heterocycles. The van der Waals surface area contributed by atoms with E-state index in [0.29, 0.717) is 17.9 Å². The van der Waals surface area contributed by atoms with E-state index in [-0.39, 0.29) is 5.56 Å². The maximum absolute atomic E-state index is 11.0. The van der Waals surface area contributed by atoms with Gasteiger partial charge in [0.2, 0.25) is 0 Å². The van der Waals surface area contributed by atoms with Crippen molar-refractivity contribution in [2.45, 2.75) is 20.5 Å². The summed E-state index contributed by atoms with van der Waals surface area (Å²) in [7, 11) is 0. The molecule has 0 fully saturated rings. The molecule has 0 saturated heterocycles. The highest BCUT2D eigenvalue weighted by Crippen LogP contribution is 2.22. The summed E-state index contributed by atoms with van der Waals surface area (Å²) in [5.41, 5.74) is 3.18. The number of hydrogen-bond donors (Lipinski definition) is 1. The van der Waals surface area contributed by atoms with E-state index >= 15 is 0 Å². The van der Waals surface area contributed by atoms with Crippen molar-refractivity contribution >= 4 is 5.97 Å². The second kappa shape index (κ2) is 5.57. The molecule has 0 radical (unpaired) electrons. The van der Waals surface area contributed by atoms with Crippen molar-refractivity contribution in [2.75, 3.05) is 0 Å². The maximum atomic E-state index is 11.0. The van der Waals surface area contributed by atoms with Crippen molar-refractivity contribution in [3.8, 4) is 5.75 Å². The average molecular weight is 256 g/mol. The molecule has 0 aliphatic carbocycles. The van der Waals surface area contributed by atoms with Crippen LogP contribution in [0.1, 0.15) is 27.0 Å². The van der Waals surface area contributed by atoms with Gasteiger partial charge in [-0.15, -0.1) is 0 Å². The molecule has 0 unspecified atom stereocenters. The topological polar surface area (TPSA) is 46.5 Å². The third-order valence-corrected chi connectivity index (χ3v) is 2.99. The molecule has 0 saturated carbocycles. The van der Waals surface area contributed by atoms with Crippen molar-refractivity contribution in [1.82, 2.24) is 0 Å². The highest BCUT2D eigenvalue weighted by atomic mass is 16.5. The lowest BCUT2D eigenvalue weighted by Gasteiger charge is -2.11. The van der Waals surface area contributed by atoms with Crippen LogP contribution in [0.5, 0.6) is 5.75 Å². The molecule has 19 heavy (non-hydrogen) atoms. The first-order chi connectivity index (χ1) is 9.08. The van der Waals surface area contributed by atoms with Gasteiger partial charge in [-0.25, -0.2) is 4.79 Å². The fourth-order valence-corrected chi connectivity index (χ4v) is 1.97. The minimum atomic E-state index is -0.932. The number of hydrogen-bond acceptors (Lipinski definition) is 2. The summed E-state index contributed by atoms with van der Waals surface area (Å²) in [4.78, 5) is 11.0. The van der Waals surface area contributed by atoms with Gasteiger partial charge in [0.15, 0.2) is 0 Å². The number of benzene rings is 2. The smallest absolute Gasteiger partial charge is 0.336 e. The molecule has 0 aliphatic rings. The van der Waals surface area contributed by atoms with Crippen LogP contribution in [0, 0.1) is 13.8 Å². The van der Waals surface area contributed by atoms with Crippen molar-refractivity contribution in [2.24, 2.45) is 0 Å². The standard InChI is InChI=1S/C16H16O3/c1-11-5-3-6-13(9-11)10-19-15-8-4-7-14(12(15)2)16(17)18/h3-9H,10H2,1-2H3,(H,17,18). The molecule has 0 atom stereocenters. The lowest BCUT2D eigenvalue weighted by molar-refractivity contribution is 0.0695. The van der Waals surface area contributed by atoms with E-state index in [4.69, 9.17) is 9.84 Å². The first kappa shape index (κ1) is 13.1. The summed E-state index contributed by atoms with van der Waals surface area (Å²) < 4.78 is 5.71. The van der Waals surface area contributed by atoms with Crippen LogP contribution in [0.15, 0.2) is 42.5 Å². The zero-order valence-electron chi connectivity index (χ0n) is 11.0. The third-order valence-electron chi connectivity index (χ3n) is 2.99. The molecule has 3 heteroatoms. The third kappa shape index (κ3) is 3.13.